The second kappa shape index (κ2) is 19.1. The van der Waals surface area contributed by atoms with Crippen LogP contribution < -0.4 is 15.3 Å². The number of hydrogen-bond donors (Lipinski definition) is 0. The minimum Gasteiger partial charge on any atom is -0.872 e. The molecule has 210 valence electrons. The second-order valence-corrected chi connectivity index (χ2v) is 9.50. The predicted molar refractivity (Wildman–Crippen MR) is 150 cm³/mol. The van der Waals surface area contributed by atoms with Gasteiger partial charge in [0.1, 0.15) is 0 Å². The smallest absolute Gasteiger partial charge is 0.872 e. The fourth-order valence-electron chi connectivity index (χ4n) is 3.33. The molecular weight excluding hydrogens is 542 g/mol. The van der Waals surface area contributed by atoms with E-state index in [0.717, 1.165) is 28.3 Å². The molecule has 0 N–H and O–H groups in total. The van der Waals surface area contributed by atoms with E-state index < -0.39 is 18.1 Å². The van der Waals surface area contributed by atoms with Gasteiger partial charge in [-0.1, -0.05) is 112 Å². The van der Waals surface area contributed by atoms with E-state index in [1.54, 1.807) is 52.0 Å². The van der Waals surface area contributed by atoms with E-state index in [9.17, 15) is 30.1 Å². The third-order valence-electron chi connectivity index (χ3n) is 5.01. The number of hydrogen-bond acceptors (Lipinski definition) is 6. The van der Waals surface area contributed by atoms with E-state index in [4.69, 9.17) is 0 Å². The summed E-state index contributed by atoms with van der Waals surface area (Å²) in [6.07, 6.45) is 0.317. The van der Waals surface area contributed by atoms with Crippen molar-refractivity contribution in [3.05, 3.63) is 106 Å². The van der Waals surface area contributed by atoms with Gasteiger partial charge >= 0.3 is 21.7 Å². The molecule has 0 unspecified atom stereocenters. The van der Waals surface area contributed by atoms with Crippen molar-refractivity contribution in [2.75, 3.05) is 7.05 Å². The average molecular weight is 580 g/mol. The molecule has 0 radical (unpaired) electrons. The maximum absolute atomic E-state index is 12.6. The summed E-state index contributed by atoms with van der Waals surface area (Å²) in [5.74, 6) is -1.17. The van der Waals surface area contributed by atoms with Gasteiger partial charge in [-0.3, -0.25) is 9.59 Å². The Morgan fingerprint density at radius 2 is 1.18 bits per heavy atom. The molecule has 1 amide bonds. The fourth-order valence-corrected chi connectivity index (χ4v) is 3.33. The van der Waals surface area contributed by atoms with Crippen molar-refractivity contribution in [2.24, 2.45) is 0 Å². The van der Waals surface area contributed by atoms with Crippen LogP contribution in [0.2, 0.25) is 0 Å². The Labute approximate surface area is 252 Å². The average Bonchev–Trinajstić information content (AvgIpc) is 2.84. The van der Waals surface area contributed by atoms with Gasteiger partial charge in [-0.25, -0.2) is 0 Å². The van der Waals surface area contributed by atoms with Crippen LogP contribution in [0, 0.1) is 12.1 Å². The Morgan fingerprint density at radius 3 is 1.60 bits per heavy atom. The third-order valence-corrected chi connectivity index (χ3v) is 5.01. The minimum atomic E-state index is -0.543. The van der Waals surface area contributed by atoms with Gasteiger partial charge in [0.15, 0.2) is 5.78 Å². The van der Waals surface area contributed by atoms with Crippen molar-refractivity contribution in [3.8, 4) is 11.1 Å². The largest absolute Gasteiger partial charge is 4.00 e. The third kappa shape index (κ3) is 14.4. The van der Waals surface area contributed by atoms with E-state index in [1.807, 2.05) is 55.5 Å². The van der Waals surface area contributed by atoms with Gasteiger partial charge in [0, 0.05) is 6.42 Å². The van der Waals surface area contributed by atoms with Crippen molar-refractivity contribution in [3.63, 3.8) is 0 Å². The molecule has 7 nitrogen and oxygen atoms in total. The van der Waals surface area contributed by atoms with Crippen molar-refractivity contribution >= 4 is 17.4 Å². The summed E-state index contributed by atoms with van der Waals surface area (Å²) < 4.78 is 0. The van der Waals surface area contributed by atoms with E-state index in [0.29, 0.717) is 16.2 Å². The molecule has 40 heavy (non-hydrogen) atoms. The maximum atomic E-state index is 12.6. The summed E-state index contributed by atoms with van der Waals surface area (Å²) in [6, 6.07) is 21.7. The van der Waals surface area contributed by atoms with Crippen LogP contribution in [0.5, 0.6) is 0 Å². The normalized spacial score (nSPS) is 10.5. The van der Waals surface area contributed by atoms with Gasteiger partial charge in [0.25, 0.3) is 0 Å². The molecule has 8 heteroatoms. The number of allylic oxidation sites excluding steroid dienone is 1. The summed E-state index contributed by atoms with van der Waals surface area (Å²) in [6.45, 7) is 8.38. The number of amides is 1. The van der Waals surface area contributed by atoms with Crippen molar-refractivity contribution in [2.45, 2.75) is 59.7 Å². The second-order valence-electron chi connectivity index (χ2n) is 9.50. The van der Waals surface area contributed by atoms with Crippen LogP contribution in [0.1, 0.15) is 49.9 Å². The molecule has 0 aliphatic heterocycles. The molecule has 0 saturated heterocycles. The number of benzene rings is 3. The molecule has 0 fully saturated rings. The van der Waals surface area contributed by atoms with Crippen LogP contribution in [-0.2, 0) is 44.1 Å². The number of nitrogens with zero attached hydrogens (tertiary/aromatic N) is 1. The first kappa shape index (κ1) is 36.9. The maximum Gasteiger partial charge on any atom is 4.00 e. The van der Waals surface area contributed by atoms with E-state index in [2.05, 4.69) is 0 Å². The number of carbonyl (C=O) groups is 2. The first-order chi connectivity index (χ1) is 18.3. The van der Waals surface area contributed by atoms with Gasteiger partial charge in [-0.15, -0.1) is 12.2 Å². The standard InChI is InChI=1S/C26H24NO4.2C3H7O.Ti/c1-18-11-13-19(14-12-18)25(29)17-22(28)15-20-7-3-5-9-23(20)24-10-6-4-8-21(24)16-26(30)27(2)31;2*1-3(2)4;/h3-14,17,29H,15-16H2,1-2H3;2*3H,1-2H3;/q3*-1;+4/p-1/b25-17-;;;. The Morgan fingerprint density at radius 1 is 0.775 bits per heavy atom. The summed E-state index contributed by atoms with van der Waals surface area (Å²) in [4.78, 5) is 24.6. The molecule has 0 aliphatic carbocycles. The molecule has 3 aromatic carbocycles. The summed E-state index contributed by atoms with van der Waals surface area (Å²) in [5, 5.41) is 43.1. The van der Waals surface area contributed by atoms with Crippen molar-refractivity contribution in [1.82, 2.24) is 5.06 Å². The number of hydroxylamine groups is 2. The van der Waals surface area contributed by atoms with Gasteiger partial charge in [-0.2, -0.15) is 0 Å². The van der Waals surface area contributed by atoms with Crippen LogP contribution in [0.15, 0.2) is 78.9 Å². The predicted octanol–water partition coefficient (Wildman–Crippen LogP) is 3.18. The Hall–Kier alpha value is -3.07. The zero-order chi connectivity index (χ0) is 29.5. The fraction of sp³-hybridized carbons (Fsp3) is 0.312. The molecule has 0 aromatic heterocycles. The first-order valence-electron chi connectivity index (χ1n) is 12.7. The van der Waals surface area contributed by atoms with Crippen LogP contribution >= 0.6 is 0 Å². The van der Waals surface area contributed by atoms with Crippen LogP contribution in [0.25, 0.3) is 16.9 Å². The molecule has 3 aromatic rings. The monoisotopic (exact) mass is 579 g/mol. The van der Waals surface area contributed by atoms with E-state index in [1.165, 1.54) is 7.05 Å². The molecule has 3 rings (SSSR count). The van der Waals surface area contributed by atoms with Gasteiger partial charge in [-0.05, 0) is 47.9 Å². The van der Waals surface area contributed by atoms with Crippen molar-refractivity contribution in [1.29, 1.82) is 0 Å². The topological polar surface area (TPSA) is 130 Å². The number of aryl methyl sites for hydroxylation is 1. The molecule has 0 atom stereocenters. The zero-order valence-corrected chi connectivity index (χ0v) is 25.5. The summed E-state index contributed by atoms with van der Waals surface area (Å²) in [5.41, 5.74) is 4.54. The summed E-state index contributed by atoms with van der Waals surface area (Å²) >= 11 is 0. The molecule has 0 heterocycles. The Bertz CT molecular complexity index is 1210. The van der Waals surface area contributed by atoms with Gasteiger partial charge in [0.2, 0.25) is 5.91 Å². The molecule has 0 saturated carbocycles. The first-order valence-corrected chi connectivity index (χ1v) is 12.7. The molecule has 0 aliphatic rings. The zero-order valence-electron chi connectivity index (χ0n) is 24.0. The Kier molecular flexibility index (Phi) is 17.6. The van der Waals surface area contributed by atoms with Crippen LogP contribution in [-0.4, -0.2) is 36.0 Å². The van der Waals surface area contributed by atoms with Crippen LogP contribution in [0.3, 0.4) is 0 Å². The molecular formula is C32H37NO6Ti. The Balaban J connectivity index is 0.00000149. The SMILES string of the molecule is CC(C)[O-].CC(C)[O-].Cc1ccc(/C([O-])=C/C(=O)Cc2ccccc2-c2ccccc2CC(=O)N(C)[O-])cc1.[Ti+4]. The number of rotatable bonds is 7. The van der Waals surface area contributed by atoms with Crippen LogP contribution in [0.4, 0.5) is 0 Å². The van der Waals surface area contributed by atoms with E-state index >= 15 is 0 Å². The quantitative estimate of drug-likeness (QED) is 0.183. The van der Waals surface area contributed by atoms with E-state index in [-0.39, 0.29) is 46.1 Å². The molecule has 0 bridgehead atoms. The van der Waals surface area contributed by atoms with Gasteiger partial charge in [0.05, 0.1) is 6.42 Å². The van der Waals surface area contributed by atoms with Gasteiger partial charge < -0.3 is 25.6 Å². The van der Waals surface area contributed by atoms with Crippen molar-refractivity contribution < 1.29 is 46.6 Å². The number of ketones is 1. The summed E-state index contributed by atoms with van der Waals surface area (Å²) in [7, 11) is 1.18. The molecule has 0 spiro atoms. The number of likely N-dealkylation sites (N-methyl/N-ethyl adjacent to an activating group) is 1. The minimum absolute atomic E-state index is 0. The number of carbonyl (C=O) groups excluding carboxylic acids is 2.